The molecule has 0 fully saturated rings. The Bertz CT molecular complexity index is 829. The van der Waals surface area contributed by atoms with Crippen LogP contribution in [-0.2, 0) is 6.18 Å². The van der Waals surface area contributed by atoms with Gasteiger partial charge in [-0.25, -0.2) is 4.39 Å². The molecule has 0 unspecified atom stereocenters. The third-order valence-electron chi connectivity index (χ3n) is 2.88. The molecule has 0 aliphatic carbocycles. The van der Waals surface area contributed by atoms with Gasteiger partial charge in [0.2, 0.25) is 0 Å². The van der Waals surface area contributed by atoms with Crippen molar-refractivity contribution in [3.05, 3.63) is 52.8 Å². The molecule has 1 N–H and O–H groups in total. The van der Waals surface area contributed by atoms with E-state index in [1.807, 2.05) is 0 Å². The summed E-state index contributed by atoms with van der Waals surface area (Å²) < 4.78 is 52.1. The van der Waals surface area contributed by atoms with Crippen molar-refractivity contribution >= 4 is 0 Å². The average molecular weight is 306 g/mol. The molecule has 22 heavy (non-hydrogen) atoms. The van der Waals surface area contributed by atoms with E-state index in [0.29, 0.717) is 6.07 Å². The number of phenols is 1. The van der Waals surface area contributed by atoms with E-state index >= 15 is 0 Å². The Kier molecular flexibility index (Phi) is 3.75. The van der Waals surface area contributed by atoms with E-state index in [1.54, 1.807) is 12.1 Å². The second-order valence-corrected chi connectivity index (χ2v) is 4.37. The van der Waals surface area contributed by atoms with Crippen LogP contribution in [0.5, 0.6) is 5.75 Å². The molecule has 0 heterocycles. The maximum Gasteiger partial charge on any atom is 0.420 e. The lowest BCUT2D eigenvalue weighted by Crippen LogP contribution is -2.06. The topological polar surface area (TPSA) is 67.8 Å². The number of aromatic hydroxyl groups is 1. The van der Waals surface area contributed by atoms with E-state index < -0.39 is 23.3 Å². The number of hydrogen-bond acceptors (Lipinski definition) is 3. The maximum atomic E-state index is 13.4. The molecule has 0 saturated heterocycles. The molecular weight excluding hydrogens is 300 g/mol. The SMILES string of the molecule is N#Cc1cc(F)cc(-c2cc(C#N)cc(C(F)(F)F)c2O)c1. The first-order valence-electron chi connectivity index (χ1n) is 5.81. The summed E-state index contributed by atoms with van der Waals surface area (Å²) in [4.78, 5) is 0. The molecule has 7 heteroatoms. The van der Waals surface area contributed by atoms with Crippen LogP contribution in [0.2, 0.25) is 0 Å². The largest absolute Gasteiger partial charge is 0.507 e. The van der Waals surface area contributed by atoms with Gasteiger partial charge in [0.1, 0.15) is 11.6 Å². The predicted octanol–water partition coefficient (Wildman–Crippen LogP) is 3.96. The quantitative estimate of drug-likeness (QED) is 0.811. The monoisotopic (exact) mass is 306 g/mol. The van der Waals surface area contributed by atoms with Crippen LogP contribution >= 0.6 is 0 Å². The van der Waals surface area contributed by atoms with E-state index in [2.05, 4.69) is 0 Å². The van der Waals surface area contributed by atoms with Crippen molar-refractivity contribution < 1.29 is 22.7 Å². The molecule has 0 atom stereocenters. The third-order valence-corrected chi connectivity index (χ3v) is 2.88. The lowest BCUT2D eigenvalue weighted by molar-refractivity contribution is -0.138. The number of alkyl halides is 3. The van der Waals surface area contributed by atoms with Crippen LogP contribution in [0.3, 0.4) is 0 Å². The molecular formula is C15H6F4N2O. The highest BCUT2D eigenvalue weighted by atomic mass is 19.4. The summed E-state index contributed by atoms with van der Waals surface area (Å²) in [7, 11) is 0. The van der Waals surface area contributed by atoms with Gasteiger partial charge in [-0.15, -0.1) is 0 Å². The van der Waals surface area contributed by atoms with Crippen molar-refractivity contribution in [1.29, 1.82) is 10.5 Å². The zero-order chi connectivity index (χ0) is 16.5. The highest BCUT2D eigenvalue weighted by Crippen LogP contribution is 2.42. The van der Waals surface area contributed by atoms with E-state index in [-0.39, 0.29) is 22.3 Å². The molecule has 0 aromatic heterocycles. The molecule has 3 nitrogen and oxygen atoms in total. The Morgan fingerprint density at radius 1 is 0.909 bits per heavy atom. The van der Waals surface area contributed by atoms with Crippen LogP contribution in [0.25, 0.3) is 11.1 Å². The van der Waals surface area contributed by atoms with Crippen LogP contribution in [-0.4, -0.2) is 5.11 Å². The fourth-order valence-corrected chi connectivity index (χ4v) is 1.94. The summed E-state index contributed by atoms with van der Waals surface area (Å²) >= 11 is 0. The Labute approximate surface area is 122 Å². The van der Waals surface area contributed by atoms with E-state index in [9.17, 15) is 22.7 Å². The number of halogens is 4. The molecule has 0 amide bonds. The zero-order valence-corrected chi connectivity index (χ0v) is 10.7. The van der Waals surface area contributed by atoms with Crippen molar-refractivity contribution in [3.63, 3.8) is 0 Å². The standard InChI is InChI=1S/C15H6F4N2O/c16-11-2-8(6-20)1-10(5-11)12-3-9(7-21)4-13(14(12)22)15(17,18)19/h1-5,22H. The number of benzene rings is 2. The van der Waals surface area contributed by atoms with E-state index in [4.69, 9.17) is 10.5 Å². The van der Waals surface area contributed by atoms with Gasteiger partial charge in [-0.3, -0.25) is 0 Å². The molecule has 0 spiro atoms. The lowest BCUT2D eigenvalue weighted by Gasteiger charge is -2.13. The molecule has 0 aliphatic rings. The smallest absolute Gasteiger partial charge is 0.420 e. The molecule has 0 radical (unpaired) electrons. The number of nitrogens with zero attached hydrogens (tertiary/aromatic N) is 2. The first-order chi connectivity index (χ1) is 10.3. The molecule has 110 valence electrons. The minimum absolute atomic E-state index is 0.120. The summed E-state index contributed by atoms with van der Waals surface area (Å²) in [6.07, 6.45) is -4.88. The minimum Gasteiger partial charge on any atom is -0.507 e. The summed E-state index contributed by atoms with van der Waals surface area (Å²) in [5.41, 5.74) is -2.36. The number of hydrogen-bond donors (Lipinski definition) is 1. The van der Waals surface area contributed by atoms with Crippen molar-refractivity contribution in [3.8, 4) is 29.0 Å². The fourth-order valence-electron chi connectivity index (χ4n) is 1.94. The van der Waals surface area contributed by atoms with E-state index in [0.717, 1.165) is 24.3 Å². The average Bonchev–Trinajstić information content (AvgIpc) is 2.45. The van der Waals surface area contributed by atoms with Crippen LogP contribution in [0.4, 0.5) is 17.6 Å². The highest BCUT2D eigenvalue weighted by molar-refractivity contribution is 5.75. The first kappa shape index (κ1) is 15.3. The minimum atomic E-state index is -4.88. The van der Waals surface area contributed by atoms with Gasteiger partial charge in [-0.2, -0.15) is 23.7 Å². The number of rotatable bonds is 1. The van der Waals surface area contributed by atoms with Crippen molar-refractivity contribution in [2.24, 2.45) is 0 Å². The van der Waals surface area contributed by atoms with Crippen LogP contribution < -0.4 is 0 Å². The van der Waals surface area contributed by atoms with Gasteiger partial charge in [0, 0.05) is 5.56 Å². The normalized spacial score (nSPS) is 10.8. The van der Waals surface area contributed by atoms with E-state index in [1.165, 1.54) is 0 Å². The maximum absolute atomic E-state index is 13.4. The van der Waals surface area contributed by atoms with Gasteiger partial charge < -0.3 is 5.11 Å². The van der Waals surface area contributed by atoms with Crippen LogP contribution in [0.15, 0.2) is 30.3 Å². The van der Waals surface area contributed by atoms with Gasteiger partial charge >= 0.3 is 6.18 Å². The van der Waals surface area contributed by atoms with Crippen LogP contribution in [0, 0.1) is 28.5 Å². The molecule has 2 rings (SSSR count). The second-order valence-electron chi connectivity index (χ2n) is 4.37. The van der Waals surface area contributed by atoms with Gasteiger partial charge in [-0.1, -0.05) is 0 Å². The highest BCUT2D eigenvalue weighted by Gasteiger charge is 2.35. The summed E-state index contributed by atoms with van der Waals surface area (Å²) in [6.45, 7) is 0. The molecule has 2 aromatic carbocycles. The molecule has 0 saturated carbocycles. The van der Waals surface area contributed by atoms with Crippen LogP contribution in [0.1, 0.15) is 16.7 Å². The van der Waals surface area contributed by atoms with Gasteiger partial charge in [-0.05, 0) is 35.9 Å². The summed E-state index contributed by atoms with van der Waals surface area (Å²) in [6, 6.07) is 7.61. The number of nitriles is 2. The fraction of sp³-hybridized carbons (Fsp3) is 0.0667. The van der Waals surface area contributed by atoms with Gasteiger partial charge in [0.15, 0.2) is 0 Å². The second kappa shape index (κ2) is 5.38. The first-order valence-corrected chi connectivity index (χ1v) is 5.81. The molecule has 2 aromatic rings. The lowest BCUT2D eigenvalue weighted by atomic mass is 9.97. The summed E-state index contributed by atoms with van der Waals surface area (Å²) in [5.74, 6) is -1.97. The molecule has 0 bridgehead atoms. The van der Waals surface area contributed by atoms with Crippen molar-refractivity contribution in [2.75, 3.05) is 0 Å². The number of phenolic OH excluding ortho intramolecular Hbond substituents is 1. The van der Waals surface area contributed by atoms with Gasteiger partial charge in [0.25, 0.3) is 0 Å². The third kappa shape index (κ3) is 2.84. The Morgan fingerprint density at radius 2 is 1.50 bits per heavy atom. The molecule has 0 aliphatic heterocycles. The Hall–Kier alpha value is -3.06. The van der Waals surface area contributed by atoms with Crippen molar-refractivity contribution in [2.45, 2.75) is 6.18 Å². The van der Waals surface area contributed by atoms with Crippen molar-refractivity contribution in [1.82, 2.24) is 0 Å². The zero-order valence-electron chi connectivity index (χ0n) is 10.7. The Balaban J connectivity index is 2.79. The van der Waals surface area contributed by atoms with Gasteiger partial charge in [0.05, 0.1) is 28.8 Å². The Morgan fingerprint density at radius 3 is 2.05 bits per heavy atom. The predicted molar refractivity (Wildman–Crippen MR) is 67.9 cm³/mol. The summed E-state index contributed by atoms with van der Waals surface area (Å²) in [5, 5.41) is 27.4.